The van der Waals surface area contributed by atoms with Crippen LogP contribution in [-0.4, -0.2) is 20.5 Å². The van der Waals surface area contributed by atoms with Crippen molar-refractivity contribution in [1.82, 2.24) is 0 Å². The first kappa shape index (κ1) is 14.2. The van der Waals surface area contributed by atoms with Gasteiger partial charge in [-0.25, -0.2) is 8.42 Å². The third kappa shape index (κ3) is 3.65. The lowest BCUT2D eigenvalue weighted by atomic mass is 10.1. The Labute approximate surface area is 118 Å². The first-order valence-electron chi connectivity index (χ1n) is 6.04. The molecule has 0 atom stereocenters. The van der Waals surface area contributed by atoms with Gasteiger partial charge in [-0.1, -0.05) is 48.5 Å². The lowest BCUT2D eigenvalue weighted by Crippen LogP contribution is -1.96. The Morgan fingerprint density at radius 1 is 0.950 bits per heavy atom. The van der Waals surface area contributed by atoms with E-state index >= 15 is 0 Å². The van der Waals surface area contributed by atoms with Crippen LogP contribution in [-0.2, 0) is 9.84 Å². The van der Waals surface area contributed by atoms with Gasteiger partial charge < -0.3 is 0 Å². The second-order valence-corrected chi connectivity index (χ2v) is 6.42. The van der Waals surface area contributed by atoms with E-state index in [1.807, 2.05) is 18.2 Å². The van der Waals surface area contributed by atoms with Crippen LogP contribution < -0.4 is 0 Å². The molecule has 20 heavy (non-hydrogen) atoms. The number of ketones is 1. The average molecular weight is 286 g/mol. The van der Waals surface area contributed by atoms with Crippen LogP contribution >= 0.6 is 0 Å². The molecular weight excluding hydrogens is 272 g/mol. The van der Waals surface area contributed by atoms with Crippen LogP contribution in [0.5, 0.6) is 0 Å². The van der Waals surface area contributed by atoms with Crippen molar-refractivity contribution in [2.75, 3.05) is 6.26 Å². The van der Waals surface area contributed by atoms with Crippen LogP contribution in [0, 0.1) is 0 Å². The number of hydrogen-bond donors (Lipinski definition) is 0. The summed E-state index contributed by atoms with van der Waals surface area (Å²) in [6.45, 7) is 0. The van der Waals surface area contributed by atoms with E-state index in [9.17, 15) is 13.2 Å². The molecule has 2 aromatic rings. The zero-order valence-corrected chi connectivity index (χ0v) is 11.8. The summed E-state index contributed by atoms with van der Waals surface area (Å²) >= 11 is 0. The van der Waals surface area contributed by atoms with Crippen LogP contribution in [0.2, 0.25) is 0 Å². The highest BCUT2D eigenvalue weighted by molar-refractivity contribution is 7.90. The second kappa shape index (κ2) is 5.84. The standard InChI is InChI=1S/C16H14O3S/c1-20(18,19)15-10-7-13(8-11-15)9-12-16(17)14-5-3-2-4-6-14/h2-12H,1H3/b12-9+. The van der Waals surface area contributed by atoms with Gasteiger partial charge in [0.25, 0.3) is 0 Å². The molecule has 0 spiro atoms. The molecule has 0 aromatic heterocycles. The molecule has 0 saturated carbocycles. The van der Waals surface area contributed by atoms with Gasteiger partial charge in [-0.05, 0) is 23.8 Å². The predicted octanol–water partition coefficient (Wildman–Crippen LogP) is 2.99. The van der Waals surface area contributed by atoms with Gasteiger partial charge >= 0.3 is 0 Å². The zero-order valence-electron chi connectivity index (χ0n) is 11.0. The van der Waals surface area contributed by atoms with E-state index in [4.69, 9.17) is 0 Å². The number of carbonyl (C=O) groups is 1. The highest BCUT2D eigenvalue weighted by Gasteiger charge is 2.05. The molecule has 0 unspecified atom stereocenters. The molecule has 2 aromatic carbocycles. The van der Waals surface area contributed by atoms with Crippen molar-refractivity contribution in [2.45, 2.75) is 4.90 Å². The number of sulfone groups is 1. The molecule has 0 radical (unpaired) electrons. The second-order valence-electron chi connectivity index (χ2n) is 4.40. The Morgan fingerprint density at radius 3 is 2.10 bits per heavy atom. The van der Waals surface area contributed by atoms with Crippen LogP contribution in [0.25, 0.3) is 6.08 Å². The Kier molecular flexibility index (Phi) is 4.15. The minimum Gasteiger partial charge on any atom is -0.289 e. The van der Waals surface area contributed by atoms with Crippen molar-refractivity contribution in [3.63, 3.8) is 0 Å². The van der Waals surface area contributed by atoms with E-state index < -0.39 is 9.84 Å². The van der Waals surface area contributed by atoms with E-state index in [0.29, 0.717) is 5.56 Å². The summed E-state index contributed by atoms with van der Waals surface area (Å²) in [6, 6.07) is 15.4. The van der Waals surface area contributed by atoms with Crippen molar-refractivity contribution in [3.05, 3.63) is 71.8 Å². The smallest absolute Gasteiger partial charge is 0.185 e. The quantitative estimate of drug-likeness (QED) is 0.641. The maximum Gasteiger partial charge on any atom is 0.185 e. The van der Waals surface area contributed by atoms with Gasteiger partial charge in [-0.15, -0.1) is 0 Å². The molecule has 0 aliphatic heterocycles. The Bertz CT molecular complexity index is 727. The molecule has 0 bridgehead atoms. The van der Waals surface area contributed by atoms with Crippen LogP contribution in [0.3, 0.4) is 0 Å². The summed E-state index contributed by atoms with van der Waals surface area (Å²) in [7, 11) is -3.18. The summed E-state index contributed by atoms with van der Waals surface area (Å²) in [4.78, 5) is 12.1. The van der Waals surface area contributed by atoms with E-state index in [2.05, 4.69) is 0 Å². The molecular formula is C16H14O3S. The summed E-state index contributed by atoms with van der Waals surface area (Å²) < 4.78 is 22.6. The highest BCUT2D eigenvalue weighted by Crippen LogP contribution is 2.12. The summed E-state index contributed by atoms with van der Waals surface area (Å²) in [5.74, 6) is -0.0854. The molecule has 0 amide bonds. The monoisotopic (exact) mass is 286 g/mol. The average Bonchev–Trinajstić information content (AvgIpc) is 2.45. The predicted molar refractivity (Wildman–Crippen MR) is 79.4 cm³/mol. The lowest BCUT2D eigenvalue weighted by molar-refractivity contribution is 0.104. The third-order valence-electron chi connectivity index (χ3n) is 2.79. The maximum atomic E-state index is 11.9. The summed E-state index contributed by atoms with van der Waals surface area (Å²) in [5.41, 5.74) is 1.40. The molecule has 0 aliphatic rings. The third-order valence-corrected chi connectivity index (χ3v) is 3.92. The fourth-order valence-corrected chi connectivity index (χ4v) is 2.33. The number of carbonyl (C=O) groups excluding carboxylic acids is 1. The summed E-state index contributed by atoms with van der Waals surface area (Å²) in [5, 5.41) is 0. The van der Waals surface area contributed by atoms with Crippen molar-refractivity contribution >= 4 is 21.7 Å². The largest absolute Gasteiger partial charge is 0.289 e. The van der Waals surface area contributed by atoms with Gasteiger partial charge in [0, 0.05) is 11.8 Å². The minimum atomic E-state index is -3.18. The van der Waals surface area contributed by atoms with Gasteiger partial charge in [0.05, 0.1) is 4.90 Å². The number of benzene rings is 2. The number of hydrogen-bond acceptors (Lipinski definition) is 3. The maximum absolute atomic E-state index is 11.9. The minimum absolute atomic E-state index is 0.0854. The first-order valence-corrected chi connectivity index (χ1v) is 7.93. The number of allylic oxidation sites excluding steroid dienone is 1. The van der Waals surface area contributed by atoms with Crippen molar-refractivity contribution in [3.8, 4) is 0 Å². The van der Waals surface area contributed by atoms with Gasteiger partial charge in [0.2, 0.25) is 0 Å². The Hall–Kier alpha value is -2.20. The van der Waals surface area contributed by atoms with Gasteiger partial charge in [0.1, 0.15) is 0 Å². The fourth-order valence-electron chi connectivity index (χ4n) is 1.70. The van der Waals surface area contributed by atoms with E-state index in [-0.39, 0.29) is 10.7 Å². The van der Waals surface area contributed by atoms with E-state index in [1.165, 1.54) is 18.2 Å². The molecule has 102 valence electrons. The molecule has 0 fully saturated rings. The topological polar surface area (TPSA) is 51.2 Å². The van der Waals surface area contributed by atoms with Crippen molar-refractivity contribution in [1.29, 1.82) is 0 Å². The molecule has 0 aliphatic carbocycles. The van der Waals surface area contributed by atoms with Crippen molar-refractivity contribution in [2.24, 2.45) is 0 Å². The highest BCUT2D eigenvalue weighted by atomic mass is 32.2. The molecule has 0 heterocycles. The SMILES string of the molecule is CS(=O)(=O)c1ccc(/C=C/C(=O)c2ccccc2)cc1. The fraction of sp³-hybridized carbons (Fsp3) is 0.0625. The Balaban J connectivity index is 2.15. The zero-order chi connectivity index (χ0) is 14.6. The van der Waals surface area contributed by atoms with Crippen molar-refractivity contribution < 1.29 is 13.2 Å². The molecule has 0 N–H and O–H groups in total. The van der Waals surface area contributed by atoms with Crippen LogP contribution in [0.15, 0.2) is 65.6 Å². The molecule has 4 heteroatoms. The Morgan fingerprint density at radius 2 is 1.55 bits per heavy atom. The van der Waals surface area contributed by atoms with Gasteiger partial charge in [-0.3, -0.25) is 4.79 Å². The summed E-state index contributed by atoms with van der Waals surface area (Å²) in [6.07, 6.45) is 4.31. The normalized spacial score (nSPS) is 11.7. The van der Waals surface area contributed by atoms with Crippen LogP contribution in [0.1, 0.15) is 15.9 Å². The molecule has 3 nitrogen and oxygen atoms in total. The van der Waals surface area contributed by atoms with Gasteiger partial charge in [0.15, 0.2) is 15.6 Å². The molecule has 0 saturated heterocycles. The lowest BCUT2D eigenvalue weighted by Gasteiger charge is -1.99. The van der Waals surface area contributed by atoms with E-state index in [1.54, 1.807) is 30.3 Å². The number of rotatable bonds is 4. The van der Waals surface area contributed by atoms with Crippen LogP contribution in [0.4, 0.5) is 0 Å². The van der Waals surface area contributed by atoms with Gasteiger partial charge in [-0.2, -0.15) is 0 Å². The first-order chi connectivity index (χ1) is 9.47. The van der Waals surface area contributed by atoms with E-state index in [0.717, 1.165) is 11.8 Å². The molecule has 2 rings (SSSR count).